The van der Waals surface area contributed by atoms with E-state index in [2.05, 4.69) is 69.1 Å². The largest absolute Gasteiger partial charge is 0.415 e. The Balaban J connectivity index is 2.02. The van der Waals surface area contributed by atoms with Crippen molar-refractivity contribution in [2.75, 3.05) is 13.2 Å². The molecule has 1 aromatic rings. The summed E-state index contributed by atoms with van der Waals surface area (Å²) in [4.78, 5) is 2.43. The van der Waals surface area contributed by atoms with Crippen molar-refractivity contribution < 1.29 is 4.43 Å². The molecule has 0 amide bonds. The number of likely N-dealkylation sites (tertiary alicyclic amines) is 1. The van der Waals surface area contributed by atoms with E-state index in [0.29, 0.717) is 6.04 Å². The van der Waals surface area contributed by atoms with E-state index >= 15 is 0 Å². The second-order valence-corrected chi connectivity index (χ2v) is 13.0. The van der Waals surface area contributed by atoms with Gasteiger partial charge in [0.05, 0.1) is 12.0 Å². The minimum absolute atomic E-state index is 0.131. The number of rotatable bonds is 5. The van der Waals surface area contributed by atoms with Crippen LogP contribution in [-0.2, 0) is 11.0 Å². The quantitative estimate of drug-likeness (QED) is 0.750. The maximum absolute atomic E-state index is 9.32. The first-order chi connectivity index (χ1) is 10.7. The van der Waals surface area contributed by atoms with Crippen LogP contribution in [0, 0.1) is 17.2 Å². The van der Waals surface area contributed by atoms with Crippen LogP contribution in [0.25, 0.3) is 0 Å². The van der Waals surface area contributed by atoms with Crippen LogP contribution in [-0.4, -0.2) is 32.4 Å². The van der Waals surface area contributed by atoms with E-state index in [0.717, 1.165) is 26.1 Å². The fourth-order valence-corrected chi connectivity index (χ4v) is 3.83. The molecule has 0 aromatic heterocycles. The third kappa shape index (κ3) is 4.66. The summed E-state index contributed by atoms with van der Waals surface area (Å²) in [6.45, 7) is 13.9. The summed E-state index contributed by atoms with van der Waals surface area (Å²) < 4.78 is 6.43. The average Bonchev–Trinajstić information content (AvgIpc) is 2.87. The van der Waals surface area contributed by atoms with Crippen LogP contribution in [0.1, 0.15) is 32.8 Å². The van der Waals surface area contributed by atoms with E-state index in [1.54, 1.807) is 0 Å². The van der Waals surface area contributed by atoms with Crippen molar-refractivity contribution >= 4 is 8.32 Å². The van der Waals surface area contributed by atoms with Crippen molar-refractivity contribution in [3.05, 3.63) is 35.9 Å². The van der Waals surface area contributed by atoms with E-state index in [-0.39, 0.29) is 11.0 Å². The molecule has 1 fully saturated rings. The highest BCUT2D eigenvalue weighted by atomic mass is 28.4. The molecule has 1 saturated heterocycles. The lowest BCUT2D eigenvalue weighted by Crippen LogP contribution is -2.44. The summed E-state index contributed by atoms with van der Waals surface area (Å²) in [5, 5.41) is 9.54. The van der Waals surface area contributed by atoms with Gasteiger partial charge in [-0.3, -0.25) is 4.90 Å². The minimum atomic E-state index is -1.74. The highest BCUT2D eigenvalue weighted by molar-refractivity contribution is 6.74. The second kappa shape index (κ2) is 7.17. The summed E-state index contributed by atoms with van der Waals surface area (Å²) in [6, 6.07) is 13.3. The lowest BCUT2D eigenvalue weighted by Gasteiger charge is -2.38. The summed E-state index contributed by atoms with van der Waals surface area (Å²) in [6.07, 6.45) is 0.929. The van der Waals surface area contributed by atoms with Gasteiger partial charge in [0.15, 0.2) is 8.32 Å². The van der Waals surface area contributed by atoms with Crippen LogP contribution in [0.2, 0.25) is 18.1 Å². The molecule has 2 rings (SSSR count). The third-order valence-electron chi connectivity index (χ3n) is 5.38. The van der Waals surface area contributed by atoms with E-state index in [1.807, 2.05) is 6.07 Å². The molecular formula is C19H30N2OSi. The molecule has 4 heteroatoms. The fourth-order valence-electron chi connectivity index (χ4n) is 2.78. The Kier molecular flexibility index (Phi) is 5.67. The topological polar surface area (TPSA) is 36.3 Å². The number of hydrogen-bond acceptors (Lipinski definition) is 3. The van der Waals surface area contributed by atoms with Crippen molar-refractivity contribution in [2.24, 2.45) is 5.92 Å². The summed E-state index contributed by atoms with van der Waals surface area (Å²) >= 11 is 0. The molecule has 0 N–H and O–H groups in total. The van der Waals surface area contributed by atoms with Gasteiger partial charge in [-0.05, 0) is 30.1 Å². The van der Waals surface area contributed by atoms with Crippen molar-refractivity contribution in [1.82, 2.24) is 4.90 Å². The highest BCUT2D eigenvalue weighted by Crippen LogP contribution is 2.37. The van der Waals surface area contributed by atoms with Crippen molar-refractivity contribution in [3.8, 4) is 6.07 Å². The fraction of sp³-hybridized carbons (Fsp3) is 0.632. The van der Waals surface area contributed by atoms with Crippen molar-refractivity contribution in [1.29, 1.82) is 5.26 Å². The normalized spacial score (nSPS) is 23.0. The maximum Gasteiger partial charge on any atom is 0.192 e. The molecule has 0 unspecified atom stereocenters. The predicted octanol–water partition coefficient (Wildman–Crippen LogP) is 4.42. The molecule has 0 spiro atoms. The first-order valence-electron chi connectivity index (χ1n) is 8.54. The SMILES string of the molecule is CC(C)(C)[Si](C)(C)OC[C@@H]1C[C@H](C#N)CN1Cc1ccccc1. The van der Waals surface area contributed by atoms with Gasteiger partial charge >= 0.3 is 0 Å². The maximum atomic E-state index is 9.32. The Morgan fingerprint density at radius 1 is 1.26 bits per heavy atom. The molecule has 1 aliphatic rings. The Bertz CT molecular complexity index is 545. The molecular weight excluding hydrogens is 300 g/mol. The third-order valence-corrected chi connectivity index (χ3v) is 9.88. The van der Waals surface area contributed by atoms with E-state index in [4.69, 9.17) is 4.43 Å². The van der Waals surface area contributed by atoms with E-state index < -0.39 is 8.32 Å². The molecule has 0 radical (unpaired) electrons. The highest BCUT2D eigenvalue weighted by Gasteiger charge is 2.39. The van der Waals surface area contributed by atoms with Gasteiger partial charge < -0.3 is 4.43 Å². The number of nitriles is 1. The van der Waals surface area contributed by atoms with Crippen LogP contribution in [0.4, 0.5) is 0 Å². The van der Waals surface area contributed by atoms with Gasteiger partial charge in [0.1, 0.15) is 0 Å². The average molecular weight is 331 g/mol. The number of benzene rings is 1. The molecule has 1 heterocycles. The molecule has 1 aliphatic heterocycles. The molecule has 23 heavy (non-hydrogen) atoms. The summed E-state index contributed by atoms with van der Waals surface area (Å²) in [7, 11) is -1.74. The molecule has 0 aliphatic carbocycles. The van der Waals surface area contributed by atoms with Crippen LogP contribution in [0.15, 0.2) is 30.3 Å². The lowest BCUT2D eigenvalue weighted by molar-refractivity contribution is 0.157. The van der Waals surface area contributed by atoms with Gasteiger partial charge in [-0.15, -0.1) is 0 Å². The molecule has 126 valence electrons. The van der Waals surface area contributed by atoms with Crippen LogP contribution < -0.4 is 0 Å². The minimum Gasteiger partial charge on any atom is -0.415 e. The second-order valence-electron chi connectivity index (χ2n) is 8.20. The Morgan fingerprint density at radius 3 is 2.48 bits per heavy atom. The van der Waals surface area contributed by atoms with Crippen molar-refractivity contribution in [2.45, 2.75) is 57.9 Å². The predicted molar refractivity (Wildman–Crippen MR) is 97.5 cm³/mol. The van der Waals surface area contributed by atoms with Gasteiger partial charge in [0.25, 0.3) is 0 Å². The number of nitrogens with zero attached hydrogens (tertiary/aromatic N) is 2. The zero-order valence-corrected chi connectivity index (χ0v) is 16.2. The summed E-state index contributed by atoms with van der Waals surface area (Å²) in [5.74, 6) is 0.131. The Hall–Kier alpha value is -1.15. The molecule has 3 nitrogen and oxygen atoms in total. The van der Waals surface area contributed by atoms with Crippen LogP contribution >= 0.6 is 0 Å². The van der Waals surface area contributed by atoms with Gasteiger partial charge in [-0.1, -0.05) is 51.1 Å². The van der Waals surface area contributed by atoms with E-state index in [9.17, 15) is 5.26 Å². The molecule has 1 aromatic carbocycles. The van der Waals surface area contributed by atoms with Crippen LogP contribution in [0.5, 0.6) is 0 Å². The number of hydrogen-bond donors (Lipinski definition) is 0. The monoisotopic (exact) mass is 330 g/mol. The Labute approximate surface area is 142 Å². The molecule has 0 bridgehead atoms. The molecule has 2 atom stereocenters. The standard InChI is InChI=1S/C19H30N2OSi/c1-19(2,3)23(4,5)22-15-18-11-17(12-20)14-21(18)13-16-9-7-6-8-10-16/h6-10,17-18H,11,13-15H2,1-5H3/t17-,18+/m1/s1. The zero-order chi connectivity index (χ0) is 17.1. The van der Waals surface area contributed by atoms with Gasteiger partial charge in [0, 0.05) is 25.7 Å². The van der Waals surface area contributed by atoms with Crippen LogP contribution in [0.3, 0.4) is 0 Å². The lowest BCUT2D eigenvalue weighted by atomic mass is 10.1. The van der Waals surface area contributed by atoms with Gasteiger partial charge in [-0.2, -0.15) is 5.26 Å². The molecule has 0 saturated carbocycles. The first-order valence-corrected chi connectivity index (χ1v) is 11.5. The van der Waals surface area contributed by atoms with Gasteiger partial charge in [-0.25, -0.2) is 0 Å². The first kappa shape index (κ1) is 18.2. The van der Waals surface area contributed by atoms with Gasteiger partial charge in [0.2, 0.25) is 0 Å². The summed E-state index contributed by atoms with van der Waals surface area (Å²) in [5.41, 5.74) is 1.31. The zero-order valence-electron chi connectivity index (χ0n) is 15.2. The van der Waals surface area contributed by atoms with Crippen molar-refractivity contribution in [3.63, 3.8) is 0 Å². The van der Waals surface area contributed by atoms with E-state index in [1.165, 1.54) is 5.56 Å². The Morgan fingerprint density at radius 2 is 1.91 bits per heavy atom. The smallest absolute Gasteiger partial charge is 0.192 e.